The predicted molar refractivity (Wildman–Crippen MR) is 74.1 cm³/mol. The van der Waals surface area contributed by atoms with Crippen LogP contribution in [0.3, 0.4) is 0 Å². The van der Waals surface area contributed by atoms with Crippen LogP contribution in [0.4, 0.5) is 0 Å². The van der Waals surface area contributed by atoms with Crippen LogP contribution in [0.25, 0.3) is 0 Å². The van der Waals surface area contributed by atoms with Gasteiger partial charge in [-0.05, 0) is 45.1 Å². The molecule has 2 rings (SSSR count). The Balaban J connectivity index is 1.76. The lowest BCUT2D eigenvalue weighted by Crippen LogP contribution is -2.31. The van der Waals surface area contributed by atoms with Crippen molar-refractivity contribution in [2.24, 2.45) is 5.73 Å². The van der Waals surface area contributed by atoms with Crippen molar-refractivity contribution >= 4 is 0 Å². The molecule has 1 aromatic rings. The Kier molecular flexibility index (Phi) is 5.11. The van der Waals surface area contributed by atoms with Crippen molar-refractivity contribution in [2.45, 2.75) is 25.9 Å². The Morgan fingerprint density at radius 3 is 2.72 bits per heavy atom. The number of pyridine rings is 1. The summed E-state index contributed by atoms with van der Waals surface area (Å²) in [5.74, 6) is 0. The fraction of sp³-hybridized carbons (Fsp3) is 0.643. The molecule has 1 aromatic heterocycles. The van der Waals surface area contributed by atoms with Crippen molar-refractivity contribution in [3.05, 3.63) is 29.6 Å². The van der Waals surface area contributed by atoms with E-state index in [-0.39, 0.29) is 0 Å². The van der Waals surface area contributed by atoms with Gasteiger partial charge in [-0.3, -0.25) is 9.88 Å². The Labute approximate surface area is 110 Å². The molecular weight excluding hydrogens is 224 g/mol. The predicted octanol–water partition coefficient (Wildman–Crippen LogP) is 1.07. The van der Waals surface area contributed by atoms with Crippen LogP contribution in [0.1, 0.15) is 24.2 Å². The molecule has 2 N–H and O–H groups in total. The number of rotatable bonds is 6. The number of hydrogen-bond donors (Lipinski definition) is 1. The molecule has 0 bridgehead atoms. The summed E-state index contributed by atoms with van der Waals surface area (Å²) in [6.07, 6.45) is 2.73. The maximum absolute atomic E-state index is 5.61. The van der Waals surface area contributed by atoms with Crippen molar-refractivity contribution < 1.29 is 0 Å². The van der Waals surface area contributed by atoms with Gasteiger partial charge in [-0.25, -0.2) is 0 Å². The summed E-state index contributed by atoms with van der Waals surface area (Å²) in [4.78, 5) is 9.41. The largest absolute Gasteiger partial charge is 0.325 e. The van der Waals surface area contributed by atoms with Crippen LogP contribution >= 0.6 is 0 Å². The molecule has 0 radical (unpaired) electrons. The summed E-state index contributed by atoms with van der Waals surface area (Å²) in [6.45, 7) is 6.25. The van der Waals surface area contributed by atoms with Gasteiger partial charge in [0.25, 0.3) is 0 Å². The van der Waals surface area contributed by atoms with Gasteiger partial charge in [0.05, 0.1) is 11.4 Å². The second-order valence-electron chi connectivity index (χ2n) is 5.11. The van der Waals surface area contributed by atoms with Gasteiger partial charge in [-0.15, -0.1) is 0 Å². The monoisotopic (exact) mass is 248 g/mol. The van der Waals surface area contributed by atoms with E-state index in [0.717, 1.165) is 24.5 Å². The van der Waals surface area contributed by atoms with Gasteiger partial charge in [0, 0.05) is 26.2 Å². The average Bonchev–Trinajstić information content (AvgIpc) is 2.90. The number of nitrogens with zero attached hydrogens (tertiary/aromatic N) is 3. The van der Waals surface area contributed by atoms with E-state index >= 15 is 0 Å². The van der Waals surface area contributed by atoms with Crippen LogP contribution in [0.2, 0.25) is 0 Å². The molecule has 18 heavy (non-hydrogen) atoms. The normalized spacial score (nSPS) is 16.6. The Morgan fingerprint density at radius 2 is 2.00 bits per heavy atom. The SMILES string of the molecule is CN(CCN1CCCC1)Cc1cccc(CN)n1. The molecule has 1 saturated heterocycles. The summed E-state index contributed by atoms with van der Waals surface area (Å²) in [7, 11) is 2.16. The minimum Gasteiger partial charge on any atom is -0.325 e. The molecule has 0 saturated carbocycles. The minimum atomic E-state index is 0.519. The first-order chi connectivity index (χ1) is 8.78. The van der Waals surface area contributed by atoms with Gasteiger partial charge >= 0.3 is 0 Å². The van der Waals surface area contributed by atoms with E-state index in [9.17, 15) is 0 Å². The average molecular weight is 248 g/mol. The molecule has 1 fully saturated rings. The second kappa shape index (κ2) is 6.83. The van der Waals surface area contributed by atoms with E-state index < -0.39 is 0 Å². The topological polar surface area (TPSA) is 45.4 Å². The molecule has 0 atom stereocenters. The van der Waals surface area contributed by atoms with E-state index in [1.807, 2.05) is 12.1 Å². The molecule has 0 spiro atoms. The van der Waals surface area contributed by atoms with Gasteiger partial charge in [0.2, 0.25) is 0 Å². The lowest BCUT2D eigenvalue weighted by Gasteiger charge is -2.21. The third kappa shape index (κ3) is 4.05. The Bertz CT molecular complexity index is 361. The molecule has 1 aliphatic heterocycles. The quantitative estimate of drug-likeness (QED) is 0.818. The van der Waals surface area contributed by atoms with Gasteiger partial charge in [0.15, 0.2) is 0 Å². The van der Waals surface area contributed by atoms with E-state index in [4.69, 9.17) is 5.73 Å². The summed E-state index contributed by atoms with van der Waals surface area (Å²) >= 11 is 0. The zero-order chi connectivity index (χ0) is 12.8. The van der Waals surface area contributed by atoms with Crippen molar-refractivity contribution in [3.8, 4) is 0 Å². The highest BCUT2D eigenvalue weighted by Gasteiger charge is 2.11. The molecule has 0 unspecified atom stereocenters. The van der Waals surface area contributed by atoms with Crippen molar-refractivity contribution in [3.63, 3.8) is 0 Å². The molecule has 0 amide bonds. The first-order valence-electron chi connectivity index (χ1n) is 6.83. The highest BCUT2D eigenvalue weighted by Crippen LogP contribution is 2.07. The zero-order valence-electron chi connectivity index (χ0n) is 11.3. The van der Waals surface area contributed by atoms with Crippen LogP contribution in [0.5, 0.6) is 0 Å². The molecule has 1 aliphatic rings. The fourth-order valence-electron chi connectivity index (χ4n) is 2.40. The van der Waals surface area contributed by atoms with Gasteiger partial charge in [-0.2, -0.15) is 0 Å². The number of likely N-dealkylation sites (tertiary alicyclic amines) is 1. The third-order valence-electron chi connectivity index (χ3n) is 3.50. The molecule has 4 nitrogen and oxygen atoms in total. The number of nitrogens with two attached hydrogens (primary N) is 1. The van der Waals surface area contributed by atoms with Crippen molar-refractivity contribution in [2.75, 3.05) is 33.2 Å². The Hall–Kier alpha value is -0.970. The van der Waals surface area contributed by atoms with Crippen molar-refractivity contribution in [1.29, 1.82) is 0 Å². The summed E-state index contributed by atoms with van der Waals surface area (Å²) < 4.78 is 0. The molecule has 0 aromatic carbocycles. The minimum absolute atomic E-state index is 0.519. The smallest absolute Gasteiger partial charge is 0.0547 e. The number of hydrogen-bond acceptors (Lipinski definition) is 4. The van der Waals surface area contributed by atoms with E-state index in [0.29, 0.717) is 6.54 Å². The first-order valence-corrected chi connectivity index (χ1v) is 6.83. The Morgan fingerprint density at radius 1 is 1.28 bits per heavy atom. The highest BCUT2D eigenvalue weighted by atomic mass is 15.2. The lowest BCUT2D eigenvalue weighted by atomic mass is 10.3. The standard InChI is InChI=1S/C14H24N4/c1-17(9-10-18-7-2-3-8-18)12-14-6-4-5-13(11-15)16-14/h4-6H,2-3,7-12,15H2,1H3. The summed E-state index contributed by atoms with van der Waals surface area (Å²) in [5.41, 5.74) is 7.69. The number of likely N-dealkylation sites (N-methyl/N-ethyl adjacent to an activating group) is 1. The molecule has 2 heterocycles. The number of aromatic nitrogens is 1. The summed E-state index contributed by atoms with van der Waals surface area (Å²) in [5, 5.41) is 0. The van der Waals surface area contributed by atoms with Crippen LogP contribution in [0, 0.1) is 0 Å². The third-order valence-corrected chi connectivity index (χ3v) is 3.50. The van der Waals surface area contributed by atoms with E-state index in [2.05, 4.69) is 27.9 Å². The first kappa shape index (κ1) is 13.5. The van der Waals surface area contributed by atoms with Gasteiger partial charge in [-0.1, -0.05) is 6.07 Å². The maximum Gasteiger partial charge on any atom is 0.0547 e. The van der Waals surface area contributed by atoms with Crippen LogP contribution < -0.4 is 5.73 Å². The molecule has 100 valence electrons. The van der Waals surface area contributed by atoms with Gasteiger partial charge < -0.3 is 10.6 Å². The van der Waals surface area contributed by atoms with Crippen LogP contribution in [-0.4, -0.2) is 48.0 Å². The fourth-order valence-corrected chi connectivity index (χ4v) is 2.40. The summed E-state index contributed by atoms with van der Waals surface area (Å²) in [6, 6.07) is 6.10. The molecule has 0 aliphatic carbocycles. The van der Waals surface area contributed by atoms with Crippen LogP contribution in [0.15, 0.2) is 18.2 Å². The highest BCUT2D eigenvalue weighted by molar-refractivity contribution is 5.10. The molecular formula is C14H24N4. The van der Waals surface area contributed by atoms with E-state index in [1.165, 1.54) is 32.5 Å². The lowest BCUT2D eigenvalue weighted by molar-refractivity contribution is 0.250. The van der Waals surface area contributed by atoms with Crippen LogP contribution in [-0.2, 0) is 13.1 Å². The zero-order valence-corrected chi connectivity index (χ0v) is 11.3. The van der Waals surface area contributed by atoms with Gasteiger partial charge in [0.1, 0.15) is 0 Å². The maximum atomic E-state index is 5.61. The van der Waals surface area contributed by atoms with E-state index in [1.54, 1.807) is 0 Å². The second-order valence-corrected chi connectivity index (χ2v) is 5.11. The molecule has 4 heteroatoms. The van der Waals surface area contributed by atoms with Crippen molar-refractivity contribution in [1.82, 2.24) is 14.8 Å².